The Labute approximate surface area is 60.8 Å². The summed E-state index contributed by atoms with van der Waals surface area (Å²) in [5.41, 5.74) is 0.301. The number of hydrogen-bond donors (Lipinski definition) is 0. The molecule has 0 spiro atoms. The number of hydrogen-bond acceptors (Lipinski definition) is 2. The fraction of sp³-hybridized carbons (Fsp3) is 0.125. The van der Waals surface area contributed by atoms with Crippen molar-refractivity contribution < 1.29 is 10.9 Å². The van der Waals surface area contributed by atoms with Crippen LogP contribution in [0.4, 0.5) is 0 Å². The van der Waals surface area contributed by atoms with Crippen LogP contribution in [0.5, 0.6) is 5.75 Å². The molecule has 1 rings (SSSR count). The summed E-state index contributed by atoms with van der Waals surface area (Å²) in [6, 6.07) is 5.07. The van der Waals surface area contributed by atoms with Gasteiger partial charge in [-0.25, -0.2) is 0 Å². The van der Waals surface area contributed by atoms with E-state index in [9.17, 15) is 4.79 Å². The summed E-state index contributed by atoms with van der Waals surface area (Å²) in [6.45, 7) is 0. The van der Waals surface area contributed by atoms with Crippen LogP contribution in [0, 0.1) is 0 Å². The molecule has 0 unspecified atom stereocenters. The zero-order valence-corrected chi connectivity index (χ0v) is 5.63. The summed E-state index contributed by atoms with van der Waals surface area (Å²) in [5, 5.41) is 0. The number of carbonyl (C=O) groups is 1. The number of para-hydroxylation sites is 1. The van der Waals surface area contributed by atoms with Crippen molar-refractivity contribution in [3.05, 3.63) is 29.8 Å². The fourth-order valence-electron chi connectivity index (χ4n) is 0.704. The lowest BCUT2D eigenvalue weighted by atomic mass is 10.2. The lowest BCUT2D eigenvalue weighted by Crippen LogP contribution is -1.88. The molecule has 0 saturated heterocycles. The summed E-state index contributed by atoms with van der Waals surface area (Å²) < 4.78 is 12.2. The zero-order chi connectivity index (χ0) is 8.27. The van der Waals surface area contributed by atoms with Gasteiger partial charge in [-0.3, -0.25) is 4.79 Å². The first kappa shape index (κ1) is 5.47. The van der Waals surface area contributed by atoms with Crippen molar-refractivity contribution in [1.82, 2.24) is 0 Å². The van der Waals surface area contributed by atoms with E-state index in [1.54, 1.807) is 18.2 Å². The highest BCUT2D eigenvalue weighted by atomic mass is 16.5. The standard InChI is InChI=1S/C8H8O2/c1-10-8-5-3-2-4-7(8)6-9/h2-6H,1H3/i4D. The van der Waals surface area contributed by atoms with E-state index in [1.807, 2.05) is 0 Å². The molecule has 0 fully saturated rings. The summed E-state index contributed by atoms with van der Waals surface area (Å²) in [4.78, 5) is 10.4. The van der Waals surface area contributed by atoms with Crippen LogP contribution in [0.25, 0.3) is 0 Å². The first-order valence-electron chi connectivity index (χ1n) is 3.38. The molecule has 2 nitrogen and oxygen atoms in total. The van der Waals surface area contributed by atoms with Gasteiger partial charge in [0.1, 0.15) is 5.75 Å². The van der Waals surface area contributed by atoms with Crippen molar-refractivity contribution in [3.63, 3.8) is 0 Å². The van der Waals surface area contributed by atoms with Crippen molar-refractivity contribution in [2.24, 2.45) is 0 Å². The minimum Gasteiger partial charge on any atom is -0.496 e. The van der Waals surface area contributed by atoms with Gasteiger partial charge in [-0.05, 0) is 12.1 Å². The molecule has 0 heterocycles. The quantitative estimate of drug-likeness (QED) is 0.577. The third-order valence-electron chi connectivity index (χ3n) is 1.19. The molecule has 0 aliphatic heterocycles. The molecule has 52 valence electrons. The highest BCUT2D eigenvalue weighted by Crippen LogP contribution is 2.13. The molecule has 0 saturated carbocycles. The largest absolute Gasteiger partial charge is 0.496 e. The van der Waals surface area contributed by atoms with Crippen LogP contribution < -0.4 is 4.74 Å². The summed E-state index contributed by atoms with van der Waals surface area (Å²) >= 11 is 0. The molecule has 10 heavy (non-hydrogen) atoms. The first-order valence-corrected chi connectivity index (χ1v) is 2.88. The fourth-order valence-corrected chi connectivity index (χ4v) is 0.704. The summed E-state index contributed by atoms with van der Waals surface area (Å²) in [6.07, 6.45) is 0.626. The van der Waals surface area contributed by atoms with E-state index in [1.165, 1.54) is 7.11 Å². The molecule has 0 aliphatic rings. The second kappa shape index (κ2) is 3.01. The maximum Gasteiger partial charge on any atom is 0.153 e. The van der Waals surface area contributed by atoms with Crippen LogP contribution in [0.15, 0.2) is 24.2 Å². The van der Waals surface area contributed by atoms with Gasteiger partial charge in [0, 0.05) is 0 Å². The molecule has 1 aromatic carbocycles. The Kier molecular flexibility index (Phi) is 1.65. The second-order valence-electron chi connectivity index (χ2n) is 1.77. The predicted molar refractivity (Wildman–Crippen MR) is 38.4 cm³/mol. The number of carbonyl (C=O) groups excluding carboxylic acids is 1. The minimum atomic E-state index is 0.194. The van der Waals surface area contributed by atoms with E-state index >= 15 is 0 Å². The van der Waals surface area contributed by atoms with Gasteiger partial charge >= 0.3 is 0 Å². The van der Waals surface area contributed by atoms with E-state index in [2.05, 4.69) is 0 Å². The van der Waals surface area contributed by atoms with E-state index in [0.717, 1.165) is 0 Å². The molecule has 0 aliphatic carbocycles. The summed E-state index contributed by atoms with van der Waals surface area (Å²) in [7, 11) is 1.47. The summed E-state index contributed by atoms with van der Waals surface area (Å²) in [5.74, 6) is 0.451. The van der Waals surface area contributed by atoms with Crippen molar-refractivity contribution in [3.8, 4) is 5.75 Å². The average molecular weight is 137 g/mol. The van der Waals surface area contributed by atoms with Gasteiger partial charge in [-0.2, -0.15) is 0 Å². The SMILES string of the molecule is [2H]c1cccc(OC)c1C=O. The normalized spacial score (nSPS) is 10.3. The smallest absolute Gasteiger partial charge is 0.153 e. The Morgan fingerprint density at radius 1 is 1.70 bits per heavy atom. The van der Waals surface area contributed by atoms with E-state index < -0.39 is 0 Å². The van der Waals surface area contributed by atoms with Crippen LogP contribution in [-0.4, -0.2) is 13.4 Å². The Morgan fingerprint density at radius 3 is 3.00 bits per heavy atom. The van der Waals surface area contributed by atoms with Gasteiger partial charge in [0.25, 0.3) is 0 Å². The number of aldehydes is 1. The van der Waals surface area contributed by atoms with Gasteiger partial charge in [0.15, 0.2) is 6.29 Å². The molecule has 0 atom stereocenters. The van der Waals surface area contributed by atoms with Gasteiger partial charge in [0.2, 0.25) is 0 Å². The molecular weight excluding hydrogens is 128 g/mol. The van der Waals surface area contributed by atoms with Crippen molar-refractivity contribution in [1.29, 1.82) is 0 Å². The topological polar surface area (TPSA) is 26.3 Å². The molecule has 0 radical (unpaired) electrons. The van der Waals surface area contributed by atoms with Crippen molar-refractivity contribution >= 4 is 6.29 Å². The Bertz CT molecular complexity index is 271. The Balaban J connectivity index is 3.24. The monoisotopic (exact) mass is 137 g/mol. The molecule has 2 heteroatoms. The van der Waals surface area contributed by atoms with Crippen LogP contribution in [0.2, 0.25) is 0 Å². The molecule has 0 amide bonds. The maximum atomic E-state index is 10.4. The number of ether oxygens (including phenoxy) is 1. The van der Waals surface area contributed by atoms with Crippen molar-refractivity contribution in [2.45, 2.75) is 0 Å². The highest BCUT2D eigenvalue weighted by molar-refractivity contribution is 5.79. The predicted octanol–water partition coefficient (Wildman–Crippen LogP) is 1.51. The molecule has 0 N–H and O–H groups in total. The number of benzene rings is 1. The maximum absolute atomic E-state index is 10.4. The molecule has 1 aromatic rings. The van der Waals surface area contributed by atoms with Crippen LogP contribution in [0.1, 0.15) is 11.7 Å². The van der Waals surface area contributed by atoms with Gasteiger partial charge in [-0.15, -0.1) is 0 Å². The second-order valence-corrected chi connectivity index (χ2v) is 1.77. The lowest BCUT2D eigenvalue weighted by Gasteiger charge is -1.99. The van der Waals surface area contributed by atoms with Crippen LogP contribution in [-0.2, 0) is 0 Å². The van der Waals surface area contributed by atoms with Crippen molar-refractivity contribution in [2.75, 3.05) is 7.11 Å². The van der Waals surface area contributed by atoms with Crippen LogP contribution >= 0.6 is 0 Å². The zero-order valence-electron chi connectivity index (χ0n) is 6.63. The minimum absolute atomic E-state index is 0.194. The van der Waals surface area contributed by atoms with E-state index in [-0.39, 0.29) is 6.04 Å². The molecule has 0 bridgehead atoms. The third-order valence-corrected chi connectivity index (χ3v) is 1.19. The van der Waals surface area contributed by atoms with Crippen LogP contribution in [0.3, 0.4) is 0 Å². The third kappa shape index (κ3) is 1.16. The van der Waals surface area contributed by atoms with E-state index in [0.29, 0.717) is 17.6 Å². The van der Waals surface area contributed by atoms with Gasteiger partial charge < -0.3 is 4.74 Å². The highest BCUT2D eigenvalue weighted by Gasteiger charge is 1.96. The molecule has 0 aromatic heterocycles. The number of rotatable bonds is 2. The molecular formula is C8H8O2. The Hall–Kier alpha value is -1.31. The Morgan fingerprint density at radius 2 is 2.50 bits per heavy atom. The van der Waals surface area contributed by atoms with E-state index in [4.69, 9.17) is 6.11 Å². The average Bonchev–Trinajstić information content (AvgIpc) is 2.04. The lowest BCUT2D eigenvalue weighted by molar-refractivity contribution is 0.112. The van der Waals surface area contributed by atoms with Gasteiger partial charge in [-0.1, -0.05) is 12.1 Å². The number of methoxy groups -OCH3 is 1. The first-order chi connectivity index (χ1) is 5.29. The van der Waals surface area contributed by atoms with Gasteiger partial charge in [0.05, 0.1) is 14.0 Å².